The van der Waals surface area contributed by atoms with Crippen molar-refractivity contribution in [2.75, 3.05) is 6.79 Å². The lowest BCUT2D eigenvalue weighted by atomic mass is 9.82. The molecular formula is C17H22O2. The summed E-state index contributed by atoms with van der Waals surface area (Å²) >= 11 is 0. The van der Waals surface area contributed by atoms with Crippen molar-refractivity contribution in [3.63, 3.8) is 0 Å². The van der Waals surface area contributed by atoms with E-state index in [-0.39, 0.29) is 0 Å². The maximum Gasteiger partial charge on any atom is 0.231 e. The first kappa shape index (κ1) is 11.6. The van der Waals surface area contributed by atoms with Crippen molar-refractivity contribution in [2.45, 2.75) is 38.5 Å². The second-order valence-electron chi connectivity index (χ2n) is 6.45. The fourth-order valence-corrected chi connectivity index (χ4v) is 4.86. The Labute approximate surface area is 115 Å². The summed E-state index contributed by atoms with van der Waals surface area (Å²) in [5.74, 6) is 6.49. The van der Waals surface area contributed by atoms with E-state index in [0.717, 1.165) is 11.5 Å². The van der Waals surface area contributed by atoms with Crippen LogP contribution in [0.5, 0.6) is 11.5 Å². The van der Waals surface area contributed by atoms with Gasteiger partial charge in [0.25, 0.3) is 0 Å². The summed E-state index contributed by atoms with van der Waals surface area (Å²) < 4.78 is 10.2. The number of rotatable bonds is 0. The van der Waals surface area contributed by atoms with Crippen LogP contribution in [-0.4, -0.2) is 6.79 Å². The minimum Gasteiger partial charge on any atom is -0.454 e. The molecule has 0 spiro atoms. The molecule has 1 aromatic rings. The summed E-state index contributed by atoms with van der Waals surface area (Å²) in [4.78, 5) is 0. The molecule has 0 radical (unpaired) electrons. The van der Waals surface area contributed by atoms with Crippen LogP contribution in [0.25, 0.3) is 0 Å². The Bertz CT molecular complexity index is 417. The molecule has 2 nitrogen and oxygen atoms in total. The Morgan fingerprint density at radius 1 is 0.789 bits per heavy atom. The summed E-state index contributed by atoms with van der Waals surface area (Å²) in [7, 11) is 0. The molecule has 0 amide bonds. The minimum atomic E-state index is 0.360. The summed E-state index contributed by atoms with van der Waals surface area (Å²) in [5.41, 5.74) is 0. The van der Waals surface area contributed by atoms with Crippen LogP contribution in [-0.2, 0) is 0 Å². The van der Waals surface area contributed by atoms with Gasteiger partial charge in [0.1, 0.15) is 0 Å². The highest BCUT2D eigenvalue weighted by atomic mass is 16.7. The molecule has 4 aliphatic rings. The number of fused-ring (bicyclic) bond motifs is 6. The van der Waals surface area contributed by atoms with Crippen LogP contribution < -0.4 is 9.47 Å². The summed E-state index contributed by atoms with van der Waals surface area (Å²) in [5, 5.41) is 0. The molecule has 4 atom stereocenters. The van der Waals surface area contributed by atoms with Gasteiger partial charge in [-0.05, 0) is 67.9 Å². The predicted octanol–water partition coefficient (Wildman–Crippen LogP) is 4.25. The van der Waals surface area contributed by atoms with E-state index >= 15 is 0 Å². The van der Waals surface area contributed by atoms with E-state index in [1.807, 2.05) is 24.3 Å². The predicted molar refractivity (Wildman–Crippen MR) is 74.2 cm³/mol. The maximum atomic E-state index is 5.08. The molecule has 3 aliphatic carbocycles. The molecule has 0 aromatic heterocycles. The molecule has 4 unspecified atom stereocenters. The van der Waals surface area contributed by atoms with Crippen molar-refractivity contribution < 1.29 is 9.47 Å². The number of hydrogen-bond donors (Lipinski definition) is 0. The van der Waals surface area contributed by atoms with Crippen molar-refractivity contribution in [1.82, 2.24) is 0 Å². The molecule has 1 aliphatic heterocycles. The molecule has 5 rings (SSSR count). The quantitative estimate of drug-likeness (QED) is 0.692. The molecule has 102 valence electrons. The average Bonchev–Trinajstić information content (AvgIpc) is 3.21. The van der Waals surface area contributed by atoms with Crippen LogP contribution in [0.4, 0.5) is 0 Å². The number of hydrogen-bond acceptors (Lipinski definition) is 2. The van der Waals surface area contributed by atoms with Gasteiger partial charge >= 0.3 is 0 Å². The lowest BCUT2D eigenvalue weighted by Gasteiger charge is -2.23. The summed E-state index contributed by atoms with van der Waals surface area (Å²) in [6, 6.07) is 7.63. The summed E-state index contributed by atoms with van der Waals surface area (Å²) in [6.45, 7) is 0.360. The van der Waals surface area contributed by atoms with E-state index in [2.05, 4.69) is 0 Å². The van der Waals surface area contributed by atoms with Gasteiger partial charge in [-0.3, -0.25) is 0 Å². The van der Waals surface area contributed by atoms with Gasteiger partial charge in [0.05, 0.1) is 0 Å². The Morgan fingerprint density at radius 2 is 1.37 bits per heavy atom. The fourth-order valence-electron chi connectivity index (χ4n) is 4.86. The van der Waals surface area contributed by atoms with E-state index in [4.69, 9.17) is 9.47 Å². The number of para-hydroxylation sites is 2. The zero-order chi connectivity index (χ0) is 12.7. The molecule has 3 fully saturated rings. The fraction of sp³-hybridized carbons (Fsp3) is 0.647. The Hall–Kier alpha value is -1.18. The number of benzene rings is 1. The molecule has 3 saturated carbocycles. The van der Waals surface area contributed by atoms with Gasteiger partial charge in [-0.15, -0.1) is 0 Å². The molecule has 1 aromatic carbocycles. The Morgan fingerprint density at radius 3 is 1.95 bits per heavy atom. The van der Waals surface area contributed by atoms with Crippen LogP contribution in [0.15, 0.2) is 24.3 Å². The SMILES string of the molecule is C1CC2C3CCC(C3)C2C1.c1ccc2c(c1)OCO2. The second kappa shape index (κ2) is 4.73. The van der Waals surface area contributed by atoms with Gasteiger partial charge in [0, 0.05) is 0 Å². The van der Waals surface area contributed by atoms with Crippen molar-refractivity contribution >= 4 is 0 Å². The smallest absolute Gasteiger partial charge is 0.231 e. The Balaban J connectivity index is 0.000000103. The van der Waals surface area contributed by atoms with E-state index in [0.29, 0.717) is 6.79 Å². The standard InChI is InChI=1S/C10H16.C7H6O2/c1-2-9-7-4-5-8(6-7)10(9)3-1;1-2-4-7-6(3-1)8-5-9-7/h7-10H,1-6H2;1-4H,5H2. The zero-order valence-corrected chi connectivity index (χ0v) is 11.4. The first-order valence-electron chi connectivity index (χ1n) is 7.76. The van der Waals surface area contributed by atoms with Gasteiger partial charge < -0.3 is 9.47 Å². The summed E-state index contributed by atoms with van der Waals surface area (Å²) in [6.07, 6.45) is 9.53. The first-order valence-corrected chi connectivity index (χ1v) is 7.76. The second-order valence-corrected chi connectivity index (χ2v) is 6.45. The van der Waals surface area contributed by atoms with Gasteiger partial charge in [-0.1, -0.05) is 18.6 Å². The molecule has 1 heterocycles. The highest BCUT2D eigenvalue weighted by Gasteiger charge is 2.48. The molecular weight excluding hydrogens is 236 g/mol. The average molecular weight is 258 g/mol. The monoisotopic (exact) mass is 258 g/mol. The number of ether oxygens (including phenoxy) is 2. The third kappa shape index (κ3) is 2.01. The van der Waals surface area contributed by atoms with Crippen molar-refractivity contribution in [2.24, 2.45) is 23.7 Å². The van der Waals surface area contributed by atoms with Crippen LogP contribution in [0, 0.1) is 23.7 Å². The molecule has 2 bridgehead atoms. The van der Waals surface area contributed by atoms with E-state index in [1.165, 1.54) is 23.7 Å². The third-order valence-corrected chi connectivity index (χ3v) is 5.63. The van der Waals surface area contributed by atoms with Crippen molar-refractivity contribution in [1.29, 1.82) is 0 Å². The van der Waals surface area contributed by atoms with Crippen LogP contribution >= 0.6 is 0 Å². The van der Waals surface area contributed by atoms with Crippen LogP contribution in [0.2, 0.25) is 0 Å². The van der Waals surface area contributed by atoms with E-state index in [1.54, 1.807) is 38.5 Å². The van der Waals surface area contributed by atoms with Gasteiger partial charge in [-0.2, -0.15) is 0 Å². The van der Waals surface area contributed by atoms with Crippen molar-refractivity contribution in [3.05, 3.63) is 24.3 Å². The highest BCUT2D eigenvalue weighted by molar-refractivity contribution is 5.40. The Kier molecular flexibility index (Phi) is 2.90. The first-order chi connectivity index (χ1) is 9.42. The van der Waals surface area contributed by atoms with Gasteiger partial charge in [-0.25, -0.2) is 0 Å². The van der Waals surface area contributed by atoms with E-state index in [9.17, 15) is 0 Å². The third-order valence-electron chi connectivity index (χ3n) is 5.63. The largest absolute Gasteiger partial charge is 0.454 e. The highest BCUT2D eigenvalue weighted by Crippen LogP contribution is 2.58. The molecule has 19 heavy (non-hydrogen) atoms. The van der Waals surface area contributed by atoms with Gasteiger partial charge in [0.15, 0.2) is 11.5 Å². The molecule has 2 heteroatoms. The lowest BCUT2D eigenvalue weighted by Crippen LogP contribution is -2.15. The van der Waals surface area contributed by atoms with Crippen molar-refractivity contribution in [3.8, 4) is 11.5 Å². The normalized spacial score (nSPS) is 36.8. The van der Waals surface area contributed by atoms with Gasteiger partial charge in [0.2, 0.25) is 6.79 Å². The van der Waals surface area contributed by atoms with E-state index < -0.39 is 0 Å². The topological polar surface area (TPSA) is 18.5 Å². The lowest BCUT2D eigenvalue weighted by molar-refractivity contribution is 0.174. The molecule has 0 N–H and O–H groups in total. The zero-order valence-electron chi connectivity index (χ0n) is 11.4. The van der Waals surface area contributed by atoms with Crippen LogP contribution in [0.1, 0.15) is 38.5 Å². The van der Waals surface area contributed by atoms with Crippen LogP contribution in [0.3, 0.4) is 0 Å². The minimum absolute atomic E-state index is 0.360. The molecule has 0 saturated heterocycles. The maximum absolute atomic E-state index is 5.08.